The minimum absolute atomic E-state index is 0. The first kappa shape index (κ1) is 47.9. The van der Waals surface area contributed by atoms with E-state index in [0.29, 0.717) is 0 Å². The Bertz CT molecular complexity index is 1180. The molecule has 0 aliphatic rings. The van der Waals surface area contributed by atoms with Crippen LogP contribution in [0.15, 0.2) is 58.3 Å². The van der Waals surface area contributed by atoms with Crippen LogP contribution in [0.4, 0.5) is 0 Å². The van der Waals surface area contributed by atoms with Gasteiger partial charge in [0.2, 0.25) is 0 Å². The van der Waals surface area contributed by atoms with Crippen LogP contribution >= 0.6 is 0 Å². The van der Waals surface area contributed by atoms with E-state index in [1.54, 1.807) is 12.1 Å². The molecule has 9 heteroatoms. The monoisotopic (exact) mass is 770 g/mol. The first-order chi connectivity index (χ1) is 23.1. The summed E-state index contributed by atoms with van der Waals surface area (Å²) in [6, 6.07) is 12.9. The molecule has 0 fully saturated rings. The molecule has 0 aromatic heterocycles. The largest absolute Gasteiger partial charge is 2.00 e. The second kappa shape index (κ2) is 30.5. The van der Waals surface area contributed by atoms with Crippen molar-refractivity contribution in [1.29, 1.82) is 0 Å². The molecule has 2 rings (SSSR count). The van der Waals surface area contributed by atoms with Gasteiger partial charge in [0.1, 0.15) is 20.2 Å². The van der Waals surface area contributed by atoms with Crippen molar-refractivity contribution < 1.29 is 45.4 Å². The van der Waals surface area contributed by atoms with Crippen molar-refractivity contribution in [3.63, 3.8) is 0 Å². The normalized spacial score (nSPS) is 11.5. The third kappa shape index (κ3) is 27.2. The van der Waals surface area contributed by atoms with Crippen molar-refractivity contribution in [3.05, 3.63) is 59.7 Å². The maximum absolute atomic E-state index is 11.0. The van der Waals surface area contributed by atoms with Gasteiger partial charge < -0.3 is 9.11 Å². The molecule has 0 saturated heterocycles. The van der Waals surface area contributed by atoms with E-state index in [4.69, 9.17) is 0 Å². The summed E-state index contributed by atoms with van der Waals surface area (Å²) in [7, 11) is -8.66. The molecule has 0 aliphatic heterocycles. The molecule has 0 saturated carbocycles. The SMILES string of the molecule is CCCCCCCCCCCCCCc1cccc(S(=O)(=O)[O-])c1.CCCCCCCCCCCCCCc1cccc(S(=O)(=O)[O-])c1.[Zn+2]. The Labute approximate surface area is 314 Å². The second-order valence-electron chi connectivity index (χ2n) is 13.5. The van der Waals surface area contributed by atoms with Crippen molar-refractivity contribution in [1.82, 2.24) is 0 Å². The number of unbranched alkanes of at least 4 members (excludes halogenated alkanes) is 22. The molecule has 0 aliphatic carbocycles. The molecule has 0 radical (unpaired) electrons. The number of aryl methyl sites for hydroxylation is 2. The van der Waals surface area contributed by atoms with Crippen LogP contribution < -0.4 is 0 Å². The standard InChI is InChI=1S/2C20H34O3S.Zn/c2*1-2-3-4-5-6-7-8-9-10-11-12-13-15-19-16-14-17-20(18-19)24(21,22)23;/h2*14,16-18H,2-13,15H2,1H3,(H,21,22,23);/q;;+2/p-2. The van der Waals surface area contributed by atoms with Gasteiger partial charge in [-0.3, -0.25) is 0 Å². The van der Waals surface area contributed by atoms with Crippen LogP contribution in [0.1, 0.15) is 179 Å². The molecule has 0 unspecified atom stereocenters. The zero-order valence-electron chi connectivity index (χ0n) is 31.0. The molecular formula is C40H66O6S2Zn. The summed E-state index contributed by atoms with van der Waals surface area (Å²) < 4.78 is 66.0. The molecular weight excluding hydrogens is 706 g/mol. The van der Waals surface area contributed by atoms with Crippen LogP contribution in [-0.2, 0) is 52.6 Å². The van der Waals surface area contributed by atoms with Crippen molar-refractivity contribution in [3.8, 4) is 0 Å². The van der Waals surface area contributed by atoms with Gasteiger partial charge in [-0.15, -0.1) is 0 Å². The van der Waals surface area contributed by atoms with E-state index in [2.05, 4.69) is 13.8 Å². The van der Waals surface area contributed by atoms with Crippen LogP contribution in [0.5, 0.6) is 0 Å². The predicted octanol–water partition coefficient (Wildman–Crippen LogP) is 11.7. The second-order valence-corrected chi connectivity index (χ2v) is 16.2. The molecule has 6 nitrogen and oxygen atoms in total. The summed E-state index contributed by atoms with van der Waals surface area (Å²) in [5.41, 5.74) is 1.89. The average Bonchev–Trinajstić information content (AvgIpc) is 3.05. The molecule has 0 heterocycles. The molecule has 0 bridgehead atoms. The van der Waals surface area contributed by atoms with E-state index in [9.17, 15) is 25.9 Å². The summed E-state index contributed by atoms with van der Waals surface area (Å²) in [4.78, 5) is -0.224. The quantitative estimate of drug-likeness (QED) is 0.0483. The molecule has 276 valence electrons. The Morgan fingerprint density at radius 3 is 0.898 bits per heavy atom. The van der Waals surface area contributed by atoms with Crippen LogP contribution in [-0.4, -0.2) is 25.9 Å². The molecule has 2 aromatic carbocycles. The van der Waals surface area contributed by atoms with Gasteiger partial charge in [-0.05, 0) is 61.1 Å². The Balaban J connectivity index is 0.000000922. The minimum Gasteiger partial charge on any atom is -0.744 e. The summed E-state index contributed by atoms with van der Waals surface area (Å²) in [5.74, 6) is 0. The van der Waals surface area contributed by atoms with Gasteiger partial charge in [0.05, 0.1) is 9.79 Å². The molecule has 0 N–H and O–H groups in total. The smallest absolute Gasteiger partial charge is 0.744 e. The van der Waals surface area contributed by atoms with E-state index in [0.717, 1.165) is 36.8 Å². The van der Waals surface area contributed by atoms with Gasteiger partial charge in [0.25, 0.3) is 0 Å². The van der Waals surface area contributed by atoms with E-state index < -0.39 is 20.2 Å². The Morgan fingerprint density at radius 1 is 0.408 bits per heavy atom. The van der Waals surface area contributed by atoms with E-state index in [-0.39, 0.29) is 29.3 Å². The third-order valence-electron chi connectivity index (χ3n) is 9.01. The fraction of sp³-hybridized carbons (Fsp3) is 0.700. The molecule has 2 aromatic rings. The van der Waals surface area contributed by atoms with Crippen LogP contribution in [0.3, 0.4) is 0 Å². The average molecular weight is 772 g/mol. The third-order valence-corrected chi connectivity index (χ3v) is 10.7. The van der Waals surface area contributed by atoms with E-state index in [1.165, 1.54) is 166 Å². The van der Waals surface area contributed by atoms with Gasteiger partial charge in [0.15, 0.2) is 0 Å². The maximum atomic E-state index is 11.0. The summed E-state index contributed by atoms with van der Waals surface area (Å²) in [6.45, 7) is 4.50. The first-order valence-corrected chi connectivity index (χ1v) is 22.0. The summed E-state index contributed by atoms with van der Waals surface area (Å²) in [6.07, 6.45) is 33.1. The Kier molecular flexibility index (Phi) is 29.8. The van der Waals surface area contributed by atoms with Crippen LogP contribution in [0.2, 0.25) is 0 Å². The summed E-state index contributed by atoms with van der Waals surface area (Å²) in [5, 5.41) is 0. The molecule has 49 heavy (non-hydrogen) atoms. The zero-order chi connectivity index (χ0) is 35.4. The van der Waals surface area contributed by atoms with Crippen LogP contribution in [0.25, 0.3) is 0 Å². The zero-order valence-corrected chi connectivity index (χ0v) is 35.6. The summed E-state index contributed by atoms with van der Waals surface area (Å²) >= 11 is 0. The topological polar surface area (TPSA) is 114 Å². The Hall–Kier alpha value is -1.12. The fourth-order valence-corrected chi connectivity index (χ4v) is 7.14. The fourth-order valence-electron chi connectivity index (χ4n) is 6.05. The first-order valence-electron chi connectivity index (χ1n) is 19.2. The number of hydrogen-bond donors (Lipinski definition) is 0. The van der Waals surface area contributed by atoms with Crippen molar-refractivity contribution in [2.75, 3.05) is 0 Å². The predicted molar refractivity (Wildman–Crippen MR) is 198 cm³/mol. The van der Waals surface area contributed by atoms with Gasteiger partial charge >= 0.3 is 19.5 Å². The molecule has 0 amide bonds. The van der Waals surface area contributed by atoms with Crippen molar-refractivity contribution in [2.24, 2.45) is 0 Å². The van der Waals surface area contributed by atoms with Crippen LogP contribution in [0, 0.1) is 0 Å². The van der Waals surface area contributed by atoms with E-state index in [1.807, 2.05) is 12.1 Å². The molecule has 0 atom stereocenters. The maximum Gasteiger partial charge on any atom is 2.00 e. The van der Waals surface area contributed by atoms with E-state index >= 15 is 0 Å². The van der Waals surface area contributed by atoms with Gasteiger partial charge in [-0.2, -0.15) is 0 Å². The Morgan fingerprint density at radius 2 is 0.653 bits per heavy atom. The van der Waals surface area contributed by atoms with Gasteiger partial charge in [-0.1, -0.05) is 179 Å². The van der Waals surface area contributed by atoms with Gasteiger partial charge in [0, 0.05) is 0 Å². The van der Waals surface area contributed by atoms with Gasteiger partial charge in [-0.25, -0.2) is 16.8 Å². The number of rotatable bonds is 28. The van der Waals surface area contributed by atoms with Crippen molar-refractivity contribution >= 4 is 20.2 Å². The number of hydrogen-bond acceptors (Lipinski definition) is 6. The molecule has 0 spiro atoms. The van der Waals surface area contributed by atoms with Crippen molar-refractivity contribution in [2.45, 2.75) is 191 Å². The minimum atomic E-state index is -4.33. The number of benzene rings is 2.